The highest BCUT2D eigenvalue weighted by Gasteiger charge is 2.29. The van der Waals surface area contributed by atoms with E-state index in [1.165, 1.54) is 31.3 Å². The molecule has 0 aliphatic heterocycles. The van der Waals surface area contributed by atoms with E-state index in [0.29, 0.717) is 29.2 Å². The summed E-state index contributed by atoms with van der Waals surface area (Å²) in [6.45, 7) is 5.60. The monoisotopic (exact) mass is 460 g/mol. The third kappa shape index (κ3) is 7.66. The zero-order valence-electron chi connectivity index (χ0n) is 19.9. The van der Waals surface area contributed by atoms with Gasteiger partial charge in [0.25, 0.3) is 5.91 Å². The van der Waals surface area contributed by atoms with E-state index in [0.717, 1.165) is 6.42 Å². The number of nitrogens with one attached hydrogen (secondary N) is 1. The molecule has 0 spiro atoms. The predicted octanol–water partition coefficient (Wildman–Crippen LogP) is 3.94. The Morgan fingerprint density at radius 2 is 1.55 bits per heavy atom. The first-order valence-corrected chi connectivity index (χ1v) is 11.0. The molecule has 2 aromatic carbocycles. The molecule has 0 aliphatic rings. The number of methoxy groups -OCH3 is 2. The first-order valence-electron chi connectivity index (χ1n) is 11.0. The molecule has 2 rings (SSSR count). The van der Waals surface area contributed by atoms with Gasteiger partial charge in [-0.15, -0.1) is 0 Å². The largest absolute Gasteiger partial charge is 0.496 e. The van der Waals surface area contributed by atoms with E-state index in [2.05, 4.69) is 5.32 Å². The molecule has 2 aromatic rings. The number of rotatable bonds is 12. The lowest BCUT2D eigenvalue weighted by Gasteiger charge is -2.31. The van der Waals surface area contributed by atoms with Gasteiger partial charge in [-0.1, -0.05) is 26.0 Å². The number of carbonyl (C=O) groups is 2. The molecule has 0 saturated carbocycles. The molecule has 2 amide bonds. The lowest BCUT2D eigenvalue weighted by Crippen LogP contribution is -2.51. The lowest BCUT2D eigenvalue weighted by atomic mass is 10.1. The zero-order chi connectivity index (χ0) is 24.4. The molecular formula is C25H33FN2O5. The quantitative estimate of drug-likeness (QED) is 0.519. The van der Waals surface area contributed by atoms with E-state index < -0.39 is 6.04 Å². The summed E-state index contributed by atoms with van der Waals surface area (Å²) >= 11 is 0. The van der Waals surface area contributed by atoms with E-state index in [-0.39, 0.29) is 36.8 Å². The Morgan fingerprint density at radius 3 is 2.06 bits per heavy atom. The van der Waals surface area contributed by atoms with E-state index >= 15 is 0 Å². The van der Waals surface area contributed by atoms with Crippen LogP contribution in [0.3, 0.4) is 0 Å². The van der Waals surface area contributed by atoms with E-state index in [4.69, 9.17) is 14.2 Å². The Kier molecular flexibility index (Phi) is 9.97. The van der Waals surface area contributed by atoms with Crippen LogP contribution in [0, 0.1) is 5.82 Å². The van der Waals surface area contributed by atoms with Gasteiger partial charge in [-0.05, 0) is 37.5 Å². The summed E-state index contributed by atoms with van der Waals surface area (Å²) < 4.78 is 29.6. The second kappa shape index (κ2) is 12.7. The molecule has 0 fully saturated rings. The fourth-order valence-corrected chi connectivity index (χ4v) is 3.24. The van der Waals surface area contributed by atoms with Crippen molar-refractivity contribution in [1.82, 2.24) is 10.2 Å². The fourth-order valence-electron chi connectivity index (χ4n) is 3.24. The molecule has 180 valence electrons. The highest BCUT2D eigenvalue weighted by Crippen LogP contribution is 2.27. The third-order valence-electron chi connectivity index (χ3n) is 5.34. The maximum absolute atomic E-state index is 13.4. The van der Waals surface area contributed by atoms with Gasteiger partial charge in [0.05, 0.1) is 14.2 Å². The van der Waals surface area contributed by atoms with Crippen LogP contribution in [0.5, 0.6) is 17.2 Å². The number of ether oxygens (including phenoxy) is 3. The second-order valence-corrected chi connectivity index (χ2v) is 7.73. The molecule has 0 aromatic heterocycles. The van der Waals surface area contributed by atoms with Crippen LogP contribution in [0.15, 0.2) is 42.5 Å². The van der Waals surface area contributed by atoms with Crippen LogP contribution in [-0.2, 0) is 16.1 Å². The summed E-state index contributed by atoms with van der Waals surface area (Å²) in [6.07, 6.45) is 1.19. The smallest absolute Gasteiger partial charge is 0.261 e. The number of halogens is 1. The fraction of sp³-hybridized carbons (Fsp3) is 0.440. The Bertz CT molecular complexity index is 897. The molecule has 1 N–H and O–H groups in total. The molecule has 0 unspecified atom stereocenters. The van der Waals surface area contributed by atoms with Crippen LogP contribution in [0.25, 0.3) is 0 Å². The molecule has 0 heterocycles. The Labute approximate surface area is 194 Å². The summed E-state index contributed by atoms with van der Waals surface area (Å²) in [7, 11) is 3.05. The van der Waals surface area contributed by atoms with Crippen molar-refractivity contribution < 1.29 is 28.2 Å². The number of hydrogen-bond donors (Lipinski definition) is 1. The Morgan fingerprint density at radius 1 is 0.970 bits per heavy atom. The number of amides is 2. The number of carbonyl (C=O) groups excluding carboxylic acids is 2. The first-order chi connectivity index (χ1) is 15.8. The zero-order valence-corrected chi connectivity index (χ0v) is 19.9. The van der Waals surface area contributed by atoms with Crippen molar-refractivity contribution in [1.29, 1.82) is 0 Å². The minimum Gasteiger partial charge on any atom is -0.496 e. The van der Waals surface area contributed by atoms with Crippen molar-refractivity contribution in [3.8, 4) is 17.2 Å². The van der Waals surface area contributed by atoms with Crippen molar-refractivity contribution in [2.75, 3.05) is 20.8 Å². The van der Waals surface area contributed by atoms with Crippen molar-refractivity contribution >= 4 is 11.8 Å². The summed E-state index contributed by atoms with van der Waals surface area (Å²) in [5, 5.41) is 2.95. The molecule has 2 atom stereocenters. The van der Waals surface area contributed by atoms with E-state index in [1.54, 1.807) is 30.3 Å². The minimum atomic E-state index is -0.694. The molecule has 0 bridgehead atoms. The topological polar surface area (TPSA) is 77.1 Å². The molecule has 8 heteroatoms. The van der Waals surface area contributed by atoms with Crippen LogP contribution < -0.4 is 19.5 Å². The lowest BCUT2D eigenvalue weighted by molar-refractivity contribution is -0.143. The van der Waals surface area contributed by atoms with Gasteiger partial charge < -0.3 is 24.4 Å². The van der Waals surface area contributed by atoms with Gasteiger partial charge in [0.15, 0.2) is 6.61 Å². The summed E-state index contributed by atoms with van der Waals surface area (Å²) in [5.74, 6) is 0.489. The van der Waals surface area contributed by atoms with Crippen LogP contribution in [-0.4, -0.2) is 49.6 Å². The third-order valence-corrected chi connectivity index (χ3v) is 5.34. The van der Waals surface area contributed by atoms with Gasteiger partial charge in [0.2, 0.25) is 5.91 Å². The SMILES string of the molecule is CC[C@H](C)NC(=O)[C@H](CC)N(Cc1ccc(F)cc1)C(=O)COc1cc(OC)cc(OC)c1. The van der Waals surface area contributed by atoms with Crippen molar-refractivity contribution in [3.63, 3.8) is 0 Å². The molecule has 0 aliphatic carbocycles. The van der Waals surface area contributed by atoms with Crippen LogP contribution in [0.1, 0.15) is 39.2 Å². The van der Waals surface area contributed by atoms with Crippen molar-refractivity contribution in [2.24, 2.45) is 0 Å². The van der Waals surface area contributed by atoms with Crippen LogP contribution >= 0.6 is 0 Å². The van der Waals surface area contributed by atoms with Gasteiger partial charge in [-0.25, -0.2) is 4.39 Å². The maximum atomic E-state index is 13.4. The van der Waals surface area contributed by atoms with Crippen LogP contribution in [0.2, 0.25) is 0 Å². The van der Waals surface area contributed by atoms with Gasteiger partial charge in [-0.2, -0.15) is 0 Å². The van der Waals surface area contributed by atoms with E-state index in [9.17, 15) is 14.0 Å². The molecule has 0 radical (unpaired) electrons. The molecule has 33 heavy (non-hydrogen) atoms. The highest BCUT2D eigenvalue weighted by atomic mass is 19.1. The second-order valence-electron chi connectivity index (χ2n) is 7.73. The molecule has 0 saturated heterocycles. The van der Waals surface area contributed by atoms with Gasteiger partial charge in [0, 0.05) is 30.8 Å². The van der Waals surface area contributed by atoms with Gasteiger partial charge in [0.1, 0.15) is 29.1 Å². The van der Waals surface area contributed by atoms with Crippen LogP contribution in [0.4, 0.5) is 4.39 Å². The number of hydrogen-bond acceptors (Lipinski definition) is 5. The Hall–Kier alpha value is -3.29. The number of nitrogens with zero attached hydrogens (tertiary/aromatic N) is 1. The summed E-state index contributed by atoms with van der Waals surface area (Å²) in [4.78, 5) is 27.7. The standard InChI is InChI=1S/C25H33FN2O5/c1-6-17(3)27-25(30)23(7-2)28(15-18-8-10-19(26)11-9-18)24(29)16-33-22-13-20(31-4)12-21(14-22)32-5/h8-14,17,23H,6-7,15-16H2,1-5H3,(H,27,30)/t17-,23-/m0/s1. The summed E-state index contributed by atoms with van der Waals surface area (Å²) in [6, 6.07) is 10.1. The van der Waals surface area contributed by atoms with Gasteiger partial charge >= 0.3 is 0 Å². The van der Waals surface area contributed by atoms with Crippen molar-refractivity contribution in [3.05, 3.63) is 53.8 Å². The predicted molar refractivity (Wildman–Crippen MR) is 124 cm³/mol. The van der Waals surface area contributed by atoms with Crippen molar-refractivity contribution in [2.45, 2.75) is 52.2 Å². The average molecular weight is 461 g/mol. The minimum absolute atomic E-state index is 0.0187. The average Bonchev–Trinajstić information content (AvgIpc) is 2.83. The maximum Gasteiger partial charge on any atom is 0.261 e. The van der Waals surface area contributed by atoms with Gasteiger partial charge in [-0.3, -0.25) is 9.59 Å². The molecule has 7 nitrogen and oxygen atoms in total. The summed E-state index contributed by atoms with van der Waals surface area (Å²) in [5.41, 5.74) is 0.711. The highest BCUT2D eigenvalue weighted by molar-refractivity contribution is 5.88. The normalized spacial score (nSPS) is 12.4. The Balaban J connectivity index is 2.24. The van der Waals surface area contributed by atoms with E-state index in [1.807, 2.05) is 20.8 Å². The number of benzene rings is 2. The molecular weight excluding hydrogens is 427 g/mol. The first kappa shape index (κ1) is 26.0.